The second-order valence-electron chi connectivity index (χ2n) is 6.43. The number of hydrogen-bond donors (Lipinski definition) is 1. The first-order chi connectivity index (χ1) is 9.66. The summed E-state index contributed by atoms with van der Waals surface area (Å²) in [5.74, 6) is 0.242. The number of carbonyl (C=O) groups is 1. The zero-order valence-corrected chi connectivity index (χ0v) is 12.1. The molecule has 0 unspecified atom stereocenters. The SMILES string of the molecule is NC1(CC(=O)N2CCCc3ccccc3C2)CCCC1. The molecule has 3 nitrogen and oxygen atoms in total. The molecule has 108 valence electrons. The van der Waals surface area contributed by atoms with Gasteiger partial charge in [-0.1, -0.05) is 37.1 Å². The summed E-state index contributed by atoms with van der Waals surface area (Å²) in [6, 6.07) is 8.48. The van der Waals surface area contributed by atoms with Gasteiger partial charge in [0.15, 0.2) is 0 Å². The van der Waals surface area contributed by atoms with Gasteiger partial charge in [0.2, 0.25) is 5.91 Å². The third kappa shape index (κ3) is 2.88. The molecule has 1 aromatic carbocycles. The Hall–Kier alpha value is -1.35. The maximum absolute atomic E-state index is 12.6. The first-order valence-electron chi connectivity index (χ1n) is 7.80. The topological polar surface area (TPSA) is 46.3 Å². The van der Waals surface area contributed by atoms with Crippen LogP contribution in [0, 0.1) is 0 Å². The van der Waals surface area contributed by atoms with E-state index in [1.807, 2.05) is 4.90 Å². The first kappa shape index (κ1) is 13.6. The number of hydrogen-bond acceptors (Lipinski definition) is 2. The third-order valence-electron chi connectivity index (χ3n) is 4.81. The average molecular weight is 272 g/mol. The standard InChI is InChI=1S/C17H24N2O/c18-17(9-3-4-10-17)12-16(20)19-11-5-8-14-6-1-2-7-15(14)13-19/h1-2,6-7H,3-5,8-13,18H2. The maximum atomic E-state index is 12.6. The van der Waals surface area contributed by atoms with Crippen LogP contribution in [-0.2, 0) is 17.8 Å². The number of nitrogens with two attached hydrogens (primary N) is 1. The van der Waals surface area contributed by atoms with Crippen LogP contribution in [0.25, 0.3) is 0 Å². The zero-order chi connectivity index (χ0) is 14.0. The Bertz CT molecular complexity index is 492. The molecule has 0 radical (unpaired) electrons. The molecule has 0 bridgehead atoms. The fourth-order valence-corrected chi connectivity index (χ4v) is 3.58. The van der Waals surface area contributed by atoms with Crippen molar-refractivity contribution in [2.24, 2.45) is 5.73 Å². The predicted molar refractivity (Wildman–Crippen MR) is 80.2 cm³/mol. The molecule has 3 rings (SSSR count). The summed E-state index contributed by atoms with van der Waals surface area (Å²) in [5.41, 5.74) is 8.82. The van der Waals surface area contributed by atoms with Crippen LogP contribution in [-0.4, -0.2) is 22.9 Å². The molecule has 1 heterocycles. The smallest absolute Gasteiger partial charge is 0.224 e. The second-order valence-corrected chi connectivity index (χ2v) is 6.43. The second kappa shape index (κ2) is 5.57. The fourth-order valence-electron chi connectivity index (χ4n) is 3.58. The van der Waals surface area contributed by atoms with Gasteiger partial charge in [-0.15, -0.1) is 0 Å². The van der Waals surface area contributed by atoms with Crippen molar-refractivity contribution >= 4 is 5.91 Å². The molecule has 0 atom stereocenters. The van der Waals surface area contributed by atoms with E-state index >= 15 is 0 Å². The van der Waals surface area contributed by atoms with Crippen LogP contribution in [0.2, 0.25) is 0 Å². The van der Waals surface area contributed by atoms with Gasteiger partial charge >= 0.3 is 0 Å². The molecule has 0 saturated heterocycles. The zero-order valence-electron chi connectivity index (χ0n) is 12.1. The minimum absolute atomic E-state index is 0.233. The Labute approximate surface area is 121 Å². The molecule has 2 aliphatic rings. The molecule has 20 heavy (non-hydrogen) atoms. The van der Waals surface area contributed by atoms with E-state index in [1.165, 1.54) is 24.0 Å². The van der Waals surface area contributed by atoms with Crippen molar-refractivity contribution in [3.8, 4) is 0 Å². The van der Waals surface area contributed by atoms with Gasteiger partial charge < -0.3 is 10.6 Å². The molecule has 1 aliphatic heterocycles. The van der Waals surface area contributed by atoms with Crippen molar-refractivity contribution < 1.29 is 4.79 Å². The minimum atomic E-state index is -0.233. The van der Waals surface area contributed by atoms with Crippen LogP contribution >= 0.6 is 0 Å². The van der Waals surface area contributed by atoms with Gasteiger partial charge in [-0.2, -0.15) is 0 Å². The number of nitrogens with zero attached hydrogens (tertiary/aromatic N) is 1. The van der Waals surface area contributed by atoms with Gasteiger partial charge in [0.1, 0.15) is 0 Å². The average Bonchev–Trinajstić information content (AvgIpc) is 2.74. The van der Waals surface area contributed by atoms with Gasteiger partial charge in [-0.3, -0.25) is 4.79 Å². The van der Waals surface area contributed by atoms with Gasteiger partial charge in [-0.05, 0) is 36.8 Å². The Balaban J connectivity index is 1.69. The molecule has 1 amide bonds. The Kier molecular flexibility index (Phi) is 3.79. The van der Waals surface area contributed by atoms with Crippen molar-refractivity contribution in [2.75, 3.05) is 6.54 Å². The lowest BCUT2D eigenvalue weighted by Crippen LogP contribution is -2.43. The lowest BCUT2D eigenvalue weighted by Gasteiger charge is -2.28. The van der Waals surface area contributed by atoms with Crippen LogP contribution in [0.4, 0.5) is 0 Å². The first-order valence-corrected chi connectivity index (χ1v) is 7.80. The van der Waals surface area contributed by atoms with E-state index in [-0.39, 0.29) is 11.4 Å². The van der Waals surface area contributed by atoms with Crippen LogP contribution in [0.3, 0.4) is 0 Å². The van der Waals surface area contributed by atoms with Crippen molar-refractivity contribution in [1.29, 1.82) is 0 Å². The molecular weight excluding hydrogens is 248 g/mol. The Morgan fingerprint density at radius 2 is 1.85 bits per heavy atom. The largest absolute Gasteiger partial charge is 0.338 e. The van der Waals surface area contributed by atoms with Gasteiger partial charge in [0.25, 0.3) is 0 Å². The summed E-state index contributed by atoms with van der Waals surface area (Å²) in [5, 5.41) is 0. The van der Waals surface area contributed by atoms with Gasteiger partial charge in [0.05, 0.1) is 0 Å². The quantitative estimate of drug-likeness (QED) is 0.899. The van der Waals surface area contributed by atoms with Crippen molar-refractivity contribution in [3.63, 3.8) is 0 Å². The van der Waals surface area contributed by atoms with E-state index in [1.54, 1.807) is 0 Å². The molecular formula is C17H24N2O. The van der Waals surface area contributed by atoms with Crippen molar-refractivity contribution in [2.45, 2.75) is 57.0 Å². The molecule has 1 aromatic rings. The number of aryl methyl sites for hydroxylation is 1. The van der Waals surface area contributed by atoms with Gasteiger partial charge in [0, 0.05) is 25.0 Å². The minimum Gasteiger partial charge on any atom is -0.338 e. The van der Waals surface area contributed by atoms with E-state index in [9.17, 15) is 4.79 Å². The Morgan fingerprint density at radius 1 is 1.15 bits per heavy atom. The summed E-state index contributed by atoms with van der Waals surface area (Å²) >= 11 is 0. The monoisotopic (exact) mass is 272 g/mol. The van der Waals surface area contributed by atoms with Crippen molar-refractivity contribution in [1.82, 2.24) is 4.90 Å². The molecule has 2 N–H and O–H groups in total. The highest BCUT2D eigenvalue weighted by Crippen LogP contribution is 2.31. The highest BCUT2D eigenvalue weighted by atomic mass is 16.2. The highest BCUT2D eigenvalue weighted by Gasteiger charge is 2.33. The highest BCUT2D eigenvalue weighted by molar-refractivity contribution is 5.77. The van der Waals surface area contributed by atoms with E-state index in [4.69, 9.17) is 5.73 Å². The number of fused-ring (bicyclic) bond motifs is 1. The van der Waals surface area contributed by atoms with E-state index in [0.29, 0.717) is 6.42 Å². The van der Waals surface area contributed by atoms with Crippen LogP contribution in [0.1, 0.15) is 49.7 Å². The third-order valence-corrected chi connectivity index (χ3v) is 4.81. The normalized spacial score (nSPS) is 21.4. The summed E-state index contributed by atoms with van der Waals surface area (Å²) < 4.78 is 0. The molecule has 1 fully saturated rings. The summed E-state index contributed by atoms with van der Waals surface area (Å²) in [4.78, 5) is 14.6. The lowest BCUT2D eigenvalue weighted by molar-refractivity contribution is -0.133. The van der Waals surface area contributed by atoms with E-state index in [0.717, 1.165) is 38.8 Å². The number of rotatable bonds is 2. The summed E-state index contributed by atoms with van der Waals surface area (Å²) in [7, 11) is 0. The number of carbonyl (C=O) groups excluding carboxylic acids is 1. The summed E-state index contributed by atoms with van der Waals surface area (Å²) in [6.07, 6.45) is 7.01. The van der Waals surface area contributed by atoms with Crippen LogP contribution in [0.5, 0.6) is 0 Å². The Morgan fingerprint density at radius 3 is 2.60 bits per heavy atom. The molecule has 1 saturated carbocycles. The molecule has 1 aliphatic carbocycles. The van der Waals surface area contributed by atoms with Crippen LogP contribution < -0.4 is 5.73 Å². The van der Waals surface area contributed by atoms with Crippen molar-refractivity contribution in [3.05, 3.63) is 35.4 Å². The fraction of sp³-hybridized carbons (Fsp3) is 0.588. The number of benzene rings is 1. The maximum Gasteiger partial charge on any atom is 0.224 e. The van der Waals surface area contributed by atoms with E-state index in [2.05, 4.69) is 24.3 Å². The van der Waals surface area contributed by atoms with Gasteiger partial charge in [-0.25, -0.2) is 0 Å². The predicted octanol–water partition coefficient (Wildman–Crippen LogP) is 2.62. The molecule has 3 heteroatoms. The van der Waals surface area contributed by atoms with Crippen LogP contribution in [0.15, 0.2) is 24.3 Å². The molecule has 0 aromatic heterocycles. The lowest BCUT2D eigenvalue weighted by atomic mass is 9.94. The molecule has 0 spiro atoms. The number of amides is 1. The summed E-state index contributed by atoms with van der Waals surface area (Å²) in [6.45, 7) is 1.62. The van der Waals surface area contributed by atoms with E-state index < -0.39 is 0 Å².